The van der Waals surface area contributed by atoms with E-state index in [9.17, 15) is 14.4 Å². The van der Waals surface area contributed by atoms with Crippen molar-refractivity contribution in [3.63, 3.8) is 0 Å². The van der Waals surface area contributed by atoms with Gasteiger partial charge in [0.05, 0.1) is 11.8 Å². The van der Waals surface area contributed by atoms with Crippen LogP contribution in [-0.4, -0.2) is 45.6 Å². The number of hydrogen-bond donors (Lipinski definition) is 2. The fraction of sp³-hybridized carbons (Fsp3) is 0.455. The zero-order valence-electron chi connectivity index (χ0n) is 16.9. The van der Waals surface area contributed by atoms with Crippen molar-refractivity contribution < 1.29 is 9.59 Å². The first kappa shape index (κ1) is 20.0. The molecule has 2 N–H and O–H groups in total. The molecule has 1 aliphatic carbocycles. The third kappa shape index (κ3) is 3.75. The molecule has 1 saturated heterocycles. The molecule has 1 aliphatic heterocycles. The normalized spacial score (nSPS) is 19.0. The van der Waals surface area contributed by atoms with Crippen LogP contribution in [0.3, 0.4) is 0 Å². The van der Waals surface area contributed by atoms with Crippen LogP contribution < -0.4 is 10.9 Å². The zero-order valence-corrected chi connectivity index (χ0v) is 16.9. The van der Waals surface area contributed by atoms with Crippen molar-refractivity contribution in [3.05, 3.63) is 52.4 Å². The Labute approximate surface area is 174 Å². The molecule has 1 saturated carbocycles. The molecule has 8 nitrogen and oxygen atoms in total. The van der Waals surface area contributed by atoms with E-state index in [-0.39, 0.29) is 34.5 Å². The highest BCUT2D eigenvalue weighted by Crippen LogP contribution is 2.49. The summed E-state index contributed by atoms with van der Waals surface area (Å²) in [6.45, 7) is 2.97. The molecule has 156 valence electrons. The van der Waals surface area contributed by atoms with Crippen LogP contribution in [-0.2, 0) is 4.79 Å². The minimum Gasteiger partial charge on any atom is -0.348 e. The number of benzene rings is 1. The third-order valence-electron chi connectivity index (χ3n) is 6.37. The smallest absolute Gasteiger partial charge is 0.271 e. The van der Waals surface area contributed by atoms with Crippen molar-refractivity contribution in [2.24, 2.45) is 11.3 Å². The number of aromatic nitrogens is 2. The largest absolute Gasteiger partial charge is 0.348 e. The van der Waals surface area contributed by atoms with Crippen molar-refractivity contribution in [2.75, 3.05) is 13.1 Å². The van der Waals surface area contributed by atoms with Crippen LogP contribution in [0, 0.1) is 22.7 Å². The fourth-order valence-corrected chi connectivity index (χ4v) is 4.57. The van der Waals surface area contributed by atoms with Gasteiger partial charge in [0.25, 0.3) is 11.5 Å². The monoisotopic (exact) mass is 407 g/mol. The van der Waals surface area contributed by atoms with Gasteiger partial charge in [-0.15, -0.1) is 0 Å². The summed E-state index contributed by atoms with van der Waals surface area (Å²) in [6.07, 6.45) is 3.53. The minimum absolute atomic E-state index is 0.0707. The standard InChI is InChI=1S/C22H25N5O3/c1-15(14-23)21(30)26-9-7-22(8-10-26)12-16(13-22)24-20(29)18-11-19(28)27(25-18)17-5-3-2-4-6-17/h2-6,11,15-16,25H,7-10,12-13H2,1H3,(H,24,29). The van der Waals surface area contributed by atoms with Crippen molar-refractivity contribution in [2.45, 2.75) is 38.6 Å². The predicted octanol–water partition coefficient (Wildman–Crippen LogP) is 1.83. The molecule has 2 aromatic rings. The summed E-state index contributed by atoms with van der Waals surface area (Å²) in [6, 6.07) is 12.5. The molecule has 8 heteroatoms. The molecule has 2 amide bonds. The van der Waals surface area contributed by atoms with E-state index in [0.29, 0.717) is 18.8 Å². The number of amides is 2. The van der Waals surface area contributed by atoms with Crippen molar-refractivity contribution >= 4 is 11.8 Å². The number of piperidine rings is 1. The van der Waals surface area contributed by atoms with Gasteiger partial charge < -0.3 is 10.2 Å². The first-order valence-corrected chi connectivity index (χ1v) is 10.3. The maximum absolute atomic E-state index is 12.6. The first-order chi connectivity index (χ1) is 14.4. The van der Waals surface area contributed by atoms with Crippen LogP contribution in [0.2, 0.25) is 0 Å². The number of aromatic amines is 1. The molecule has 1 aromatic carbocycles. The molecule has 1 unspecified atom stereocenters. The van der Waals surface area contributed by atoms with Gasteiger partial charge in [-0.1, -0.05) is 18.2 Å². The maximum Gasteiger partial charge on any atom is 0.271 e. The number of rotatable bonds is 4. The van der Waals surface area contributed by atoms with Crippen molar-refractivity contribution in [3.8, 4) is 11.8 Å². The van der Waals surface area contributed by atoms with E-state index in [1.807, 2.05) is 24.3 Å². The number of H-pyrrole nitrogens is 1. The molecule has 1 spiro atoms. The van der Waals surface area contributed by atoms with Crippen LogP contribution in [0.1, 0.15) is 43.1 Å². The summed E-state index contributed by atoms with van der Waals surface area (Å²) in [5.41, 5.74) is 0.806. The Morgan fingerprint density at radius 1 is 1.23 bits per heavy atom. The summed E-state index contributed by atoms with van der Waals surface area (Å²) in [7, 11) is 0. The average Bonchev–Trinajstić information content (AvgIpc) is 3.14. The number of carbonyl (C=O) groups is 2. The van der Waals surface area contributed by atoms with Crippen molar-refractivity contribution in [1.82, 2.24) is 20.0 Å². The lowest BCUT2D eigenvalue weighted by Crippen LogP contribution is -2.55. The van der Waals surface area contributed by atoms with E-state index in [0.717, 1.165) is 25.7 Å². The second kappa shape index (κ2) is 7.82. The molecular formula is C22H25N5O3. The number of nitrogens with zero attached hydrogens (tertiary/aromatic N) is 3. The van der Waals surface area contributed by atoms with Crippen LogP contribution in [0.15, 0.2) is 41.2 Å². The Morgan fingerprint density at radius 2 is 1.90 bits per heavy atom. The minimum atomic E-state index is -0.599. The van der Waals surface area contributed by atoms with Crippen LogP contribution in [0.5, 0.6) is 0 Å². The summed E-state index contributed by atoms with van der Waals surface area (Å²) in [5.74, 6) is -0.974. The van der Waals surface area contributed by atoms with E-state index < -0.39 is 5.92 Å². The van der Waals surface area contributed by atoms with Gasteiger partial charge in [0, 0.05) is 25.2 Å². The molecule has 2 fully saturated rings. The van der Waals surface area contributed by atoms with Gasteiger partial charge in [-0.2, -0.15) is 5.26 Å². The van der Waals surface area contributed by atoms with Crippen LogP contribution in [0.25, 0.3) is 5.69 Å². The highest BCUT2D eigenvalue weighted by atomic mass is 16.2. The van der Waals surface area contributed by atoms with Gasteiger partial charge in [-0.05, 0) is 50.2 Å². The fourth-order valence-electron chi connectivity index (χ4n) is 4.57. The summed E-state index contributed by atoms with van der Waals surface area (Å²) < 4.78 is 1.35. The van der Waals surface area contributed by atoms with Crippen LogP contribution >= 0.6 is 0 Å². The van der Waals surface area contributed by atoms with Gasteiger partial charge in [0.2, 0.25) is 5.91 Å². The molecule has 1 aromatic heterocycles. The molecular weight excluding hydrogens is 382 g/mol. The van der Waals surface area contributed by atoms with Gasteiger partial charge in [0.1, 0.15) is 11.6 Å². The quantitative estimate of drug-likeness (QED) is 0.805. The number of likely N-dealkylation sites (tertiary alicyclic amines) is 1. The lowest BCUT2D eigenvalue weighted by molar-refractivity contribution is -0.137. The SMILES string of the molecule is CC(C#N)C(=O)N1CCC2(CC1)CC(NC(=O)c1cc(=O)n(-c3ccccc3)[nH]1)C2. The second-order valence-corrected chi connectivity index (χ2v) is 8.43. The molecule has 4 rings (SSSR count). The topological polar surface area (TPSA) is 111 Å². The van der Waals surface area contributed by atoms with Crippen molar-refractivity contribution in [1.29, 1.82) is 5.26 Å². The number of para-hydroxylation sites is 1. The molecule has 1 atom stereocenters. The summed E-state index contributed by atoms with van der Waals surface area (Å²) in [5, 5.41) is 14.8. The van der Waals surface area contributed by atoms with E-state index in [2.05, 4.69) is 10.4 Å². The summed E-state index contributed by atoms with van der Waals surface area (Å²) >= 11 is 0. The van der Waals surface area contributed by atoms with E-state index >= 15 is 0 Å². The van der Waals surface area contributed by atoms with Crippen LogP contribution in [0.4, 0.5) is 0 Å². The Balaban J connectivity index is 1.31. The lowest BCUT2D eigenvalue weighted by atomic mass is 9.60. The predicted molar refractivity (Wildman–Crippen MR) is 110 cm³/mol. The Kier molecular flexibility index (Phi) is 5.20. The number of nitrogens with one attached hydrogen (secondary N) is 2. The van der Waals surface area contributed by atoms with E-state index in [4.69, 9.17) is 5.26 Å². The first-order valence-electron chi connectivity index (χ1n) is 10.3. The van der Waals surface area contributed by atoms with E-state index in [1.54, 1.807) is 24.0 Å². The molecule has 0 radical (unpaired) electrons. The molecule has 2 aliphatic rings. The Morgan fingerprint density at radius 3 is 2.53 bits per heavy atom. The second-order valence-electron chi connectivity index (χ2n) is 8.43. The Hall–Kier alpha value is -3.34. The maximum atomic E-state index is 12.6. The van der Waals surface area contributed by atoms with Gasteiger partial charge in [-0.3, -0.25) is 19.5 Å². The van der Waals surface area contributed by atoms with E-state index in [1.165, 1.54) is 10.7 Å². The Bertz CT molecular complexity index is 1030. The third-order valence-corrected chi connectivity index (χ3v) is 6.37. The van der Waals surface area contributed by atoms with Gasteiger partial charge >= 0.3 is 0 Å². The number of nitriles is 1. The molecule has 2 heterocycles. The highest BCUT2D eigenvalue weighted by molar-refractivity contribution is 5.92. The van der Waals surface area contributed by atoms with Gasteiger partial charge in [0.15, 0.2) is 0 Å². The molecule has 0 bridgehead atoms. The van der Waals surface area contributed by atoms with Gasteiger partial charge in [-0.25, -0.2) is 4.68 Å². The zero-order chi connectivity index (χ0) is 21.3. The summed E-state index contributed by atoms with van der Waals surface area (Å²) in [4.78, 5) is 38.7. The number of carbonyl (C=O) groups excluding carboxylic acids is 2. The average molecular weight is 407 g/mol. The molecule has 30 heavy (non-hydrogen) atoms. The lowest BCUT2D eigenvalue weighted by Gasteiger charge is -2.52. The number of hydrogen-bond acceptors (Lipinski definition) is 4. The highest BCUT2D eigenvalue weighted by Gasteiger charge is 2.47.